The molecule has 1 aromatic heterocycles. The molecule has 3 heterocycles. The molecule has 140 valence electrons. The van der Waals surface area contributed by atoms with E-state index in [1.54, 1.807) is 11.3 Å². The van der Waals surface area contributed by atoms with Crippen LogP contribution in [0.2, 0.25) is 0 Å². The molecular weight excluding hydrogens is 336 g/mol. The highest BCUT2D eigenvalue weighted by atomic mass is 32.1. The van der Waals surface area contributed by atoms with Crippen molar-refractivity contribution in [2.24, 2.45) is 17.6 Å². The molecule has 2 aliphatic rings. The van der Waals surface area contributed by atoms with E-state index in [1.807, 2.05) is 6.92 Å². The smallest absolute Gasteiger partial charge is 0.237 e. The third-order valence-electron chi connectivity index (χ3n) is 5.40. The lowest BCUT2D eigenvalue weighted by molar-refractivity contribution is -0.124. The topological polar surface area (TPSA) is 80.5 Å². The monoisotopic (exact) mass is 366 g/mol. The Morgan fingerprint density at radius 1 is 1.40 bits per heavy atom. The van der Waals surface area contributed by atoms with E-state index in [1.165, 1.54) is 5.69 Å². The van der Waals surface area contributed by atoms with Gasteiger partial charge in [-0.05, 0) is 57.5 Å². The van der Waals surface area contributed by atoms with Gasteiger partial charge in [-0.15, -0.1) is 11.3 Å². The number of hydrogen-bond acceptors (Lipinski definition) is 6. The van der Waals surface area contributed by atoms with Gasteiger partial charge in [-0.3, -0.25) is 9.69 Å². The average molecular weight is 367 g/mol. The summed E-state index contributed by atoms with van der Waals surface area (Å²) < 4.78 is 5.34. The first-order valence-electron chi connectivity index (χ1n) is 9.36. The van der Waals surface area contributed by atoms with Gasteiger partial charge < -0.3 is 15.8 Å². The lowest BCUT2D eigenvalue weighted by Crippen LogP contribution is -2.48. The van der Waals surface area contributed by atoms with E-state index in [-0.39, 0.29) is 11.8 Å². The maximum absolute atomic E-state index is 12.3. The van der Waals surface area contributed by atoms with E-state index >= 15 is 0 Å². The molecule has 2 saturated heterocycles. The van der Waals surface area contributed by atoms with Gasteiger partial charge in [0.15, 0.2) is 0 Å². The third-order valence-corrected chi connectivity index (χ3v) is 6.22. The van der Waals surface area contributed by atoms with Gasteiger partial charge in [-0.25, -0.2) is 4.98 Å². The average Bonchev–Trinajstić information content (AvgIpc) is 3.05. The Kier molecular flexibility index (Phi) is 6.81. The van der Waals surface area contributed by atoms with Gasteiger partial charge in [0, 0.05) is 31.7 Å². The van der Waals surface area contributed by atoms with Crippen LogP contribution in [-0.4, -0.2) is 54.7 Å². The van der Waals surface area contributed by atoms with E-state index in [4.69, 9.17) is 10.5 Å². The summed E-state index contributed by atoms with van der Waals surface area (Å²) in [6.45, 7) is 7.34. The number of nitrogens with one attached hydrogen (secondary N) is 1. The predicted octanol–water partition coefficient (Wildman–Crippen LogP) is 1.53. The molecule has 1 atom stereocenters. The van der Waals surface area contributed by atoms with Crippen molar-refractivity contribution in [2.45, 2.75) is 45.2 Å². The highest BCUT2D eigenvalue weighted by Crippen LogP contribution is 2.20. The van der Waals surface area contributed by atoms with Crippen molar-refractivity contribution in [3.8, 4) is 0 Å². The molecule has 3 N–H and O–H groups in total. The standard InChI is InChI=1S/C18H30N4O2S/c1-13-21-16(12-25-13)11-22-6-2-14(3-7-22)10-20-18(23)17(19)15-4-8-24-9-5-15/h12,14-15,17H,2-11,19H2,1H3,(H,20,23). The third kappa shape index (κ3) is 5.48. The first-order chi connectivity index (χ1) is 12.1. The lowest BCUT2D eigenvalue weighted by atomic mass is 9.91. The van der Waals surface area contributed by atoms with Crippen LogP contribution in [0.5, 0.6) is 0 Å². The molecule has 0 radical (unpaired) electrons. The molecule has 0 saturated carbocycles. The van der Waals surface area contributed by atoms with Crippen molar-refractivity contribution in [1.82, 2.24) is 15.2 Å². The number of hydrogen-bond donors (Lipinski definition) is 2. The molecule has 0 aromatic carbocycles. The lowest BCUT2D eigenvalue weighted by Gasteiger charge is -2.32. The Hall–Kier alpha value is -1.02. The molecular formula is C18H30N4O2S. The Labute approximate surface area is 154 Å². The van der Waals surface area contributed by atoms with Crippen molar-refractivity contribution in [1.29, 1.82) is 0 Å². The van der Waals surface area contributed by atoms with Gasteiger partial charge in [0.1, 0.15) is 0 Å². The maximum atomic E-state index is 12.3. The van der Waals surface area contributed by atoms with Crippen molar-refractivity contribution in [3.63, 3.8) is 0 Å². The van der Waals surface area contributed by atoms with E-state index in [0.29, 0.717) is 5.92 Å². The minimum Gasteiger partial charge on any atom is -0.381 e. The Balaban J connectivity index is 1.35. The first-order valence-corrected chi connectivity index (χ1v) is 10.2. The molecule has 7 heteroatoms. The number of aromatic nitrogens is 1. The van der Waals surface area contributed by atoms with Crippen LogP contribution < -0.4 is 11.1 Å². The normalized spacial score (nSPS) is 22.0. The predicted molar refractivity (Wildman–Crippen MR) is 99.4 cm³/mol. The van der Waals surface area contributed by atoms with Crippen LogP contribution >= 0.6 is 11.3 Å². The first kappa shape index (κ1) is 18.8. The highest BCUT2D eigenvalue weighted by Gasteiger charge is 2.27. The molecule has 1 aromatic rings. The summed E-state index contributed by atoms with van der Waals surface area (Å²) in [4.78, 5) is 19.3. The largest absolute Gasteiger partial charge is 0.381 e. The van der Waals surface area contributed by atoms with Crippen molar-refractivity contribution >= 4 is 17.2 Å². The minimum atomic E-state index is -0.392. The van der Waals surface area contributed by atoms with E-state index in [0.717, 1.165) is 70.1 Å². The number of ether oxygens (including phenoxy) is 1. The second kappa shape index (κ2) is 9.07. The SMILES string of the molecule is Cc1nc(CN2CCC(CNC(=O)C(N)C3CCOCC3)CC2)cs1. The van der Waals surface area contributed by atoms with Crippen LogP contribution in [0.3, 0.4) is 0 Å². The molecule has 6 nitrogen and oxygen atoms in total. The molecule has 3 rings (SSSR count). The van der Waals surface area contributed by atoms with Crippen molar-refractivity contribution in [3.05, 3.63) is 16.1 Å². The summed E-state index contributed by atoms with van der Waals surface area (Å²) >= 11 is 1.71. The maximum Gasteiger partial charge on any atom is 0.237 e. The number of piperidine rings is 1. The van der Waals surface area contributed by atoms with Crippen LogP contribution in [0.1, 0.15) is 36.4 Å². The fourth-order valence-electron chi connectivity index (χ4n) is 3.71. The fraction of sp³-hybridized carbons (Fsp3) is 0.778. The minimum absolute atomic E-state index is 0.00674. The molecule has 0 aliphatic carbocycles. The second-order valence-electron chi connectivity index (χ2n) is 7.30. The zero-order valence-corrected chi connectivity index (χ0v) is 15.9. The highest BCUT2D eigenvalue weighted by molar-refractivity contribution is 7.09. The number of rotatable bonds is 6. The summed E-state index contributed by atoms with van der Waals surface area (Å²) in [7, 11) is 0. The van der Waals surface area contributed by atoms with E-state index in [2.05, 4.69) is 20.6 Å². The van der Waals surface area contributed by atoms with Crippen LogP contribution in [-0.2, 0) is 16.1 Å². The Bertz CT molecular complexity index is 551. The number of thiazole rings is 1. The molecule has 1 unspecified atom stereocenters. The van der Waals surface area contributed by atoms with Crippen LogP contribution in [0.25, 0.3) is 0 Å². The Morgan fingerprint density at radius 3 is 2.76 bits per heavy atom. The summed E-state index contributed by atoms with van der Waals surface area (Å²) in [6, 6.07) is -0.392. The zero-order chi connectivity index (χ0) is 17.6. The van der Waals surface area contributed by atoms with Gasteiger partial charge in [-0.2, -0.15) is 0 Å². The molecule has 2 aliphatic heterocycles. The number of likely N-dealkylation sites (tertiary alicyclic amines) is 1. The van der Waals surface area contributed by atoms with Gasteiger partial charge >= 0.3 is 0 Å². The van der Waals surface area contributed by atoms with Crippen LogP contribution in [0.4, 0.5) is 0 Å². The zero-order valence-electron chi connectivity index (χ0n) is 15.1. The summed E-state index contributed by atoms with van der Waals surface area (Å²) in [5, 5.41) is 6.37. The quantitative estimate of drug-likeness (QED) is 0.798. The van der Waals surface area contributed by atoms with Crippen LogP contribution in [0.15, 0.2) is 5.38 Å². The summed E-state index contributed by atoms with van der Waals surface area (Å²) in [6.07, 6.45) is 4.03. The second-order valence-corrected chi connectivity index (χ2v) is 8.36. The molecule has 25 heavy (non-hydrogen) atoms. The molecule has 2 fully saturated rings. The van der Waals surface area contributed by atoms with E-state index < -0.39 is 6.04 Å². The summed E-state index contributed by atoms with van der Waals surface area (Å²) in [5.41, 5.74) is 7.31. The van der Waals surface area contributed by atoms with Crippen LogP contribution in [0, 0.1) is 18.8 Å². The van der Waals surface area contributed by atoms with Crippen molar-refractivity contribution < 1.29 is 9.53 Å². The molecule has 0 bridgehead atoms. The number of carbonyl (C=O) groups excluding carboxylic acids is 1. The van der Waals surface area contributed by atoms with Gasteiger partial charge in [0.25, 0.3) is 0 Å². The van der Waals surface area contributed by atoms with Gasteiger partial charge in [-0.1, -0.05) is 0 Å². The van der Waals surface area contributed by atoms with Gasteiger partial charge in [0.05, 0.1) is 16.7 Å². The Morgan fingerprint density at radius 2 is 2.12 bits per heavy atom. The van der Waals surface area contributed by atoms with Gasteiger partial charge in [0.2, 0.25) is 5.91 Å². The van der Waals surface area contributed by atoms with E-state index in [9.17, 15) is 4.79 Å². The molecule has 1 amide bonds. The van der Waals surface area contributed by atoms with Crippen molar-refractivity contribution in [2.75, 3.05) is 32.8 Å². The number of nitrogens with zero attached hydrogens (tertiary/aromatic N) is 2. The molecule has 0 spiro atoms. The number of carbonyl (C=O) groups is 1. The number of nitrogens with two attached hydrogens (primary N) is 1. The summed E-state index contributed by atoms with van der Waals surface area (Å²) in [5.74, 6) is 0.823. The fourth-order valence-corrected chi connectivity index (χ4v) is 4.31. The number of aryl methyl sites for hydroxylation is 1. The number of amides is 1.